The van der Waals surface area contributed by atoms with E-state index in [1.165, 1.54) is 5.56 Å². The van der Waals surface area contributed by atoms with Crippen molar-refractivity contribution in [3.63, 3.8) is 0 Å². The van der Waals surface area contributed by atoms with Crippen molar-refractivity contribution < 1.29 is 4.74 Å². The molecule has 0 radical (unpaired) electrons. The topological polar surface area (TPSA) is 41.2 Å². The molecule has 1 saturated heterocycles. The summed E-state index contributed by atoms with van der Waals surface area (Å²) in [5.41, 5.74) is 1.25. The lowest BCUT2D eigenvalue weighted by Crippen LogP contribution is -2.37. The van der Waals surface area contributed by atoms with Gasteiger partial charge in [-0.25, -0.2) is 0 Å². The average molecular weight is 181 g/mol. The highest BCUT2D eigenvalue weighted by molar-refractivity contribution is 5.08. The van der Waals surface area contributed by atoms with E-state index in [-0.39, 0.29) is 0 Å². The molecule has 1 aliphatic rings. The van der Waals surface area contributed by atoms with Gasteiger partial charge in [-0.05, 0) is 6.92 Å². The van der Waals surface area contributed by atoms with Gasteiger partial charge in [-0.2, -0.15) is 5.10 Å². The summed E-state index contributed by atoms with van der Waals surface area (Å²) in [7, 11) is 0. The number of hydrogen-bond donors (Lipinski definition) is 1. The first kappa shape index (κ1) is 8.72. The Kier molecular flexibility index (Phi) is 2.61. The minimum Gasteiger partial charge on any atom is -0.379 e. The van der Waals surface area contributed by atoms with E-state index in [4.69, 9.17) is 4.74 Å². The van der Waals surface area contributed by atoms with Crippen molar-refractivity contribution in [3.05, 3.63) is 18.0 Å². The van der Waals surface area contributed by atoms with Crippen molar-refractivity contribution in [1.82, 2.24) is 15.1 Å². The van der Waals surface area contributed by atoms with Crippen LogP contribution in [0.4, 0.5) is 0 Å². The summed E-state index contributed by atoms with van der Waals surface area (Å²) in [6.45, 7) is 5.94. The summed E-state index contributed by atoms with van der Waals surface area (Å²) in [4.78, 5) is 2.41. The molecule has 2 rings (SSSR count). The summed E-state index contributed by atoms with van der Waals surface area (Å²) < 4.78 is 5.30. The number of hydrogen-bond acceptors (Lipinski definition) is 3. The van der Waals surface area contributed by atoms with Gasteiger partial charge in [0.25, 0.3) is 0 Å². The molecule has 1 aromatic heterocycles. The molecule has 1 aliphatic heterocycles. The molecule has 1 atom stereocenters. The molecule has 2 heterocycles. The van der Waals surface area contributed by atoms with Crippen LogP contribution in [0.1, 0.15) is 18.5 Å². The van der Waals surface area contributed by atoms with Crippen LogP contribution in [0, 0.1) is 0 Å². The molecule has 0 aliphatic carbocycles. The van der Waals surface area contributed by atoms with Gasteiger partial charge in [0.2, 0.25) is 0 Å². The molecule has 0 saturated carbocycles. The second-order valence-electron chi connectivity index (χ2n) is 3.36. The van der Waals surface area contributed by atoms with Crippen LogP contribution in [-0.2, 0) is 4.74 Å². The van der Waals surface area contributed by atoms with Crippen LogP contribution in [0.25, 0.3) is 0 Å². The second-order valence-corrected chi connectivity index (χ2v) is 3.36. The van der Waals surface area contributed by atoms with Crippen LogP contribution in [0.3, 0.4) is 0 Å². The molecule has 13 heavy (non-hydrogen) atoms. The van der Waals surface area contributed by atoms with Crippen LogP contribution >= 0.6 is 0 Å². The molecule has 0 amide bonds. The maximum atomic E-state index is 5.30. The zero-order valence-corrected chi connectivity index (χ0v) is 7.86. The molecule has 0 bridgehead atoms. The van der Waals surface area contributed by atoms with E-state index in [1.54, 1.807) is 0 Å². The molecule has 1 unspecified atom stereocenters. The number of ether oxygens (including phenoxy) is 1. The van der Waals surface area contributed by atoms with E-state index in [2.05, 4.69) is 22.0 Å². The fourth-order valence-corrected chi connectivity index (χ4v) is 1.66. The molecule has 72 valence electrons. The lowest BCUT2D eigenvalue weighted by atomic mass is 10.1. The summed E-state index contributed by atoms with van der Waals surface area (Å²) in [5.74, 6) is 0. The van der Waals surface area contributed by atoms with Crippen molar-refractivity contribution in [2.45, 2.75) is 13.0 Å². The van der Waals surface area contributed by atoms with E-state index in [0.717, 1.165) is 26.3 Å². The van der Waals surface area contributed by atoms with Gasteiger partial charge < -0.3 is 4.74 Å². The van der Waals surface area contributed by atoms with E-state index in [1.807, 2.05) is 12.4 Å². The van der Waals surface area contributed by atoms with Crippen molar-refractivity contribution in [2.75, 3.05) is 26.3 Å². The standard InChI is InChI=1S/C9H15N3O/c1-8(9-6-10-11-7-9)12-2-4-13-5-3-12/h6-8H,2-5H2,1H3,(H,10,11). The molecule has 4 heteroatoms. The fourth-order valence-electron chi connectivity index (χ4n) is 1.66. The third-order valence-corrected chi connectivity index (χ3v) is 2.60. The monoisotopic (exact) mass is 181 g/mol. The van der Waals surface area contributed by atoms with E-state index < -0.39 is 0 Å². The SMILES string of the molecule is CC(c1cn[nH]c1)N1CCOCC1. The van der Waals surface area contributed by atoms with Crippen molar-refractivity contribution >= 4 is 0 Å². The molecule has 0 aromatic carbocycles. The Hall–Kier alpha value is -0.870. The molecule has 4 nitrogen and oxygen atoms in total. The summed E-state index contributed by atoms with van der Waals surface area (Å²) >= 11 is 0. The van der Waals surface area contributed by atoms with Crippen LogP contribution in [0.15, 0.2) is 12.4 Å². The minimum absolute atomic E-state index is 0.447. The van der Waals surface area contributed by atoms with Gasteiger partial charge in [-0.15, -0.1) is 0 Å². The lowest BCUT2D eigenvalue weighted by molar-refractivity contribution is 0.0198. The maximum absolute atomic E-state index is 5.30. The Bertz CT molecular complexity index is 241. The maximum Gasteiger partial charge on any atom is 0.0594 e. The van der Waals surface area contributed by atoms with Crippen molar-refractivity contribution in [1.29, 1.82) is 0 Å². The zero-order valence-electron chi connectivity index (χ0n) is 7.86. The fraction of sp³-hybridized carbons (Fsp3) is 0.667. The van der Waals surface area contributed by atoms with Crippen LogP contribution in [0.2, 0.25) is 0 Å². The Morgan fingerprint density at radius 1 is 1.54 bits per heavy atom. The molecule has 1 fully saturated rings. The Labute approximate surface area is 77.9 Å². The van der Waals surface area contributed by atoms with Gasteiger partial charge in [-0.3, -0.25) is 10.00 Å². The second kappa shape index (κ2) is 3.89. The Balaban J connectivity index is 1.99. The van der Waals surface area contributed by atoms with Crippen molar-refractivity contribution in [3.8, 4) is 0 Å². The summed E-state index contributed by atoms with van der Waals surface area (Å²) in [5, 5.41) is 6.80. The molecule has 1 aromatic rings. The van der Waals surface area contributed by atoms with E-state index in [9.17, 15) is 0 Å². The summed E-state index contributed by atoms with van der Waals surface area (Å²) in [6, 6.07) is 0.447. The van der Waals surface area contributed by atoms with Crippen LogP contribution in [0.5, 0.6) is 0 Å². The molecule has 1 N–H and O–H groups in total. The minimum atomic E-state index is 0.447. The highest BCUT2D eigenvalue weighted by Gasteiger charge is 2.18. The molecular formula is C9H15N3O. The number of nitrogens with one attached hydrogen (secondary N) is 1. The van der Waals surface area contributed by atoms with Crippen molar-refractivity contribution in [2.24, 2.45) is 0 Å². The number of rotatable bonds is 2. The Morgan fingerprint density at radius 3 is 2.92 bits per heavy atom. The highest BCUT2D eigenvalue weighted by Crippen LogP contribution is 2.19. The largest absolute Gasteiger partial charge is 0.379 e. The number of aromatic nitrogens is 2. The van der Waals surface area contributed by atoms with Gasteiger partial charge in [-0.1, -0.05) is 0 Å². The number of aromatic amines is 1. The van der Waals surface area contributed by atoms with Crippen LogP contribution in [-0.4, -0.2) is 41.4 Å². The molecule has 0 spiro atoms. The van der Waals surface area contributed by atoms with Gasteiger partial charge >= 0.3 is 0 Å². The third kappa shape index (κ3) is 1.89. The smallest absolute Gasteiger partial charge is 0.0594 e. The quantitative estimate of drug-likeness (QED) is 0.733. The van der Waals surface area contributed by atoms with Gasteiger partial charge in [0, 0.05) is 30.9 Å². The Morgan fingerprint density at radius 2 is 2.31 bits per heavy atom. The predicted molar refractivity (Wildman–Crippen MR) is 49.4 cm³/mol. The predicted octanol–water partition coefficient (Wildman–Crippen LogP) is 0.803. The number of H-pyrrole nitrogens is 1. The first-order valence-corrected chi connectivity index (χ1v) is 4.68. The lowest BCUT2D eigenvalue weighted by Gasteiger charge is -2.31. The van der Waals surface area contributed by atoms with Gasteiger partial charge in [0.1, 0.15) is 0 Å². The normalized spacial score (nSPS) is 21.6. The zero-order chi connectivity index (χ0) is 9.10. The van der Waals surface area contributed by atoms with Crippen LogP contribution < -0.4 is 0 Å². The average Bonchev–Trinajstić information content (AvgIpc) is 2.71. The van der Waals surface area contributed by atoms with E-state index in [0.29, 0.717) is 6.04 Å². The number of nitrogens with zero attached hydrogens (tertiary/aromatic N) is 2. The first-order chi connectivity index (χ1) is 6.38. The number of morpholine rings is 1. The summed E-state index contributed by atoms with van der Waals surface area (Å²) in [6.07, 6.45) is 3.85. The van der Waals surface area contributed by atoms with Gasteiger partial charge in [0.15, 0.2) is 0 Å². The van der Waals surface area contributed by atoms with Gasteiger partial charge in [0.05, 0.1) is 19.4 Å². The highest BCUT2D eigenvalue weighted by atomic mass is 16.5. The first-order valence-electron chi connectivity index (χ1n) is 4.68. The van der Waals surface area contributed by atoms with E-state index >= 15 is 0 Å². The molecular weight excluding hydrogens is 166 g/mol. The third-order valence-electron chi connectivity index (χ3n) is 2.60.